The molecule has 0 aromatic rings. The van der Waals surface area contributed by atoms with Crippen molar-refractivity contribution >= 4 is 5.97 Å². The number of rotatable bonds is 24. The summed E-state index contributed by atoms with van der Waals surface area (Å²) < 4.78 is 5.91. The Hall–Kier alpha value is -0.570. The van der Waals surface area contributed by atoms with Gasteiger partial charge in [-0.3, -0.25) is 4.79 Å². The van der Waals surface area contributed by atoms with E-state index in [9.17, 15) is 4.79 Å². The molecule has 0 saturated heterocycles. The van der Waals surface area contributed by atoms with Crippen LogP contribution in [-0.4, -0.2) is 18.6 Å². The van der Waals surface area contributed by atoms with Crippen molar-refractivity contribution in [1.82, 2.24) is 0 Å². The molecule has 2 N–H and O–H groups in total. The van der Waals surface area contributed by atoms with Crippen molar-refractivity contribution < 1.29 is 9.53 Å². The van der Waals surface area contributed by atoms with Crippen LogP contribution in [0.2, 0.25) is 0 Å². The highest BCUT2D eigenvalue weighted by atomic mass is 16.5. The molecule has 180 valence electrons. The number of hydrogen-bond donors (Lipinski definition) is 1. The minimum Gasteiger partial charge on any atom is -0.462 e. The van der Waals surface area contributed by atoms with Gasteiger partial charge in [-0.2, -0.15) is 0 Å². The van der Waals surface area contributed by atoms with Gasteiger partial charge in [-0.05, 0) is 45.1 Å². The van der Waals surface area contributed by atoms with Crippen LogP contribution in [0.1, 0.15) is 155 Å². The second-order valence-electron chi connectivity index (χ2n) is 9.24. The molecule has 0 unspecified atom stereocenters. The van der Waals surface area contributed by atoms with E-state index in [0.29, 0.717) is 6.42 Å². The molecule has 0 fully saturated rings. The molecule has 0 atom stereocenters. The van der Waals surface area contributed by atoms with Crippen LogP contribution in [0.5, 0.6) is 0 Å². The number of hydrogen-bond acceptors (Lipinski definition) is 3. The molecule has 0 aliphatic carbocycles. The Morgan fingerprint density at radius 1 is 0.600 bits per heavy atom. The molecule has 0 spiro atoms. The number of carbonyl (C=O) groups excluding carboxylic acids is 1. The summed E-state index contributed by atoms with van der Waals surface area (Å²) in [5, 5.41) is 0. The van der Waals surface area contributed by atoms with Gasteiger partial charge in [0.1, 0.15) is 6.10 Å². The molecular weight excluding hydrogens is 370 g/mol. The zero-order valence-electron chi connectivity index (χ0n) is 20.7. The first kappa shape index (κ1) is 29.4. The summed E-state index contributed by atoms with van der Waals surface area (Å²) in [7, 11) is 0. The lowest BCUT2D eigenvalue weighted by molar-refractivity contribution is -0.150. The van der Waals surface area contributed by atoms with Crippen LogP contribution in [0, 0.1) is 0 Å². The first-order valence-corrected chi connectivity index (χ1v) is 13.6. The number of esters is 1. The first-order chi connectivity index (χ1) is 14.7. The van der Waals surface area contributed by atoms with Crippen LogP contribution in [0.25, 0.3) is 0 Å². The molecule has 0 aliphatic rings. The second-order valence-corrected chi connectivity index (χ2v) is 9.24. The standard InChI is InChI=1S/C27H55NO2/c1-3-5-7-9-14-18-22-26(23-19-15-10-8-6-4-2)30-27(29)24-20-16-12-11-13-17-21-25-28/h26H,3-25,28H2,1-2H3. The SMILES string of the molecule is CCCCCCCCC(CCCCCCCC)OC(=O)CCCCCCCCCN. The van der Waals surface area contributed by atoms with E-state index >= 15 is 0 Å². The minimum atomic E-state index is 0.0418. The summed E-state index contributed by atoms with van der Waals surface area (Å²) in [6.07, 6.45) is 26.8. The highest BCUT2D eigenvalue weighted by molar-refractivity contribution is 5.69. The lowest BCUT2D eigenvalue weighted by Crippen LogP contribution is -2.18. The Labute approximate surface area is 189 Å². The molecular formula is C27H55NO2. The molecule has 0 aliphatic heterocycles. The summed E-state index contributed by atoms with van der Waals surface area (Å²) >= 11 is 0. The molecule has 0 aromatic carbocycles. The minimum absolute atomic E-state index is 0.0418. The molecule has 3 nitrogen and oxygen atoms in total. The van der Waals surface area contributed by atoms with Crippen LogP contribution >= 0.6 is 0 Å². The number of nitrogens with two attached hydrogens (primary N) is 1. The summed E-state index contributed by atoms with van der Waals surface area (Å²) in [4.78, 5) is 12.3. The van der Waals surface area contributed by atoms with Gasteiger partial charge in [-0.25, -0.2) is 0 Å². The third kappa shape index (κ3) is 22.1. The fourth-order valence-corrected chi connectivity index (χ4v) is 4.11. The first-order valence-electron chi connectivity index (χ1n) is 13.6. The summed E-state index contributed by atoms with van der Waals surface area (Å²) in [6, 6.07) is 0. The Morgan fingerprint density at radius 3 is 1.47 bits per heavy atom. The Kier molecular flexibility index (Phi) is 24.2. The van der Waals surface area contributed by atoms with E-state index < -0.39 is 0 Å². The van der Waals surface area contributed by atoms with Crippen molar-refractivity contribution in [1.29, 1.82) is 0 Å². The molecule has 3 heteroatoms. The van der Waals surface area contributed by atoms with Crippen molar-refractivity contribution in [2.24, 2.45) is 5.73 Å². The maximum Gasteiger partial charge on any atom is 0.306 e. The Balaban J connectivity index is 3.96. The second kappa shape index (κ2) is 24.7. The monoisotopic (exact) mass is 425 g/mol. The smallest absolute Gasteiger partial charge is 0.306 e. The highest BCUT2D eigenvalue weighted by Gasteiger charge is 2.14. The Bertz CT molecular complexity index is 330. The summed E-state index contributed by atoms with van der Waals surface area (Å²) in [6.45, 7) is 5.33. The summed E-state index contributed by atoms with van der Waals surface area (Å²) in [5.74, 6) is 0.0418. The Morgan fingerprint density at radius 2 is 1.00 bits per heavy atom. The zero-order chi connectivity index (χ0) is 22.1. The summed E-state index contributed by atoms with van der Waals surface area (Å²) in [5.41, 5.74) is 5.53. The van der Waals surface area contributed by atoms with E-state index in [1.54, 1.807) is 0 Å². The quantitative estimate of drug-likeness (QED) is 0.125. The predicted molar refractivity (Wildman–Crippen MR) is 132 cm³/mol. The molecule has 0 rings (SSSR count). The van der Waals surface area contributed by atoms with Crippen molar-refractivity contribution in [3.05, 3.63) is 0 Å². The van der Waals surface area contributed by atoms with Crippen LogP contribution in [0.4, 0.5) is 0 Å². The van der Waals surface area contributed by atoms with Gasteiger partial charge < -0.3 is 10.5 Å². The number of ether oxygens (including phenoxy) is 1. The van der Waals surface area contributed by atoms with Crippen molar-refractivity contribution in [2.45, 2.75) is 161 Å². The van der Waals surface area contributed by atoms with E-state index in [0.717, 1.165) is 38.6 Å². The van der Waals surface area contributed by atoms with Crippen molar-refractivity contribution in [3.8, 4) is 0 Å². The average molecular weight is 426 g/mol. The van der Waals surface area contributed by atoms with Crippen LogP contribution in [-0.2, 0) is 9.53 Å². The van der Waals surface area contributed by atoms with E-state index in [4.69, 9.17) is 10.5 Å². The van der Waals surface area contributed by atoms with Gasteiger partial charge in [0.05, 0.1) is 0 Å². The molecule has 0 radical (unpaired) electrons. The fourth-order valence-electron chi connectivity index (χ4n) is 4.11. The third-order valence-electron chi connectivity index (χ3n) is 6.14. The van der Waals surface area contributed by atoms with E-state index in [-0.39, 0.29) is 12.1 Å². The van der Waals surface area contributed by atoms with Gasteiger partial charge in [0.15, 0.2) is 0 Å². The van der Waals surface area contributed by atoms with Crippen LogP contribution < -0.4 is 5.73 Å². The maximum absolute atomic E-state index is 12.3. The third-order valence-corrected chi connectivity index (χ3v) is 6.14. The lowest BCUT2D eigenvalue weighted by atomic mass is 10.0. The van der Waals surface area contributed by atoms with Gasteiger partial charge in [0.2, 0.25) is 0 Å². The molecule has 0 aromatic heterocycles. The zero-order valence-corrected chi connectivity index (χ0v) is 20.7. The molecule has 30 heavy (non-hydrogen) atoms. The molecule has 0 amide bonds. The maximum atomic E-state index is 12.3. The van der Waals surface area contributed by atoms with Gasteiger partial charge >= 0.3 is 5.97 Å². The van der Waals surface area contributed by atoms with E-state index in [1.807, 2.05) is 0 Å². The van der Waals surface area contributed by atoms with Gasteiger partial charge in [0.25, 0.3) is 0 Å². The highest BCUT2D eigenvalue weighted by Crippen LogP contribution is 2.18. The topological polar surface area (TPSA) is 52.3 Å². The largest absolute Gasteiger partial charge is 0.462 e. The van der Waals surface area contributed by atoms with E-state index in [2.05, 4.69) is 13.8 Å². The number of unbranched alkanes of at least 4 members (excludes halogenated alkanes) is 16. The lowest BCUT2D eigenvalue weighted by Gasteiger charge is -2.18. The fraction of sp³-hybridized carbons (Fsp3) is 0.963. The van der Waals surface area contributed by atoms with Gasteiger partial charge in [-0.15, -0.1) is 0 Å². The predicted octanol–water partition coefficient (Wildman–Crippen LogP) is 8.48. The average Bonchev–Trinajstić information content (AvgIpc) is 2.74. The van der Waals surface area contributed by atoms with Gasteiger partial charge in [0, 0.05) is 6.42 Å². The van der Waals surface area contributed by atoms with Gasteiger partial charge in [-0.1, -0.05) is 110 Å². The van der Waals surface area contributed by atoms with Crippen LogP contribution in [0.3, 0.4) is 0 Å². The molecule has 0 saturated carbocycles. The molecule has 0 heterocycles. The van der Waals surface area contributed by atoms with Crippen LogP contribution in [0.15, 0.2) is 0 Å². The van der Waals surface area contributed by atoms with E-state index in [1.165, 1.54) is 103 Å². The number of carbonyl (C=O) groups is 1. The molecule has 0 bridgehead atoms. The normalized spacial score (nSPS) is 11.3. The van der Waals surface area contributed by atoms with Crippen molar-refractivity contribution in [3.63, 3.8) is 0 Å². The van der Waals surface area contributed by atoms with Crippen molar-refractivity contribution in [2.75, 3.05) is 6.54 Å².